The van der Waals surface area contributed by atoms with Crippen LogP contribution in [0.2, 0.25) is 0 Å². The molecule has 6 nitrogen and oxygen atoms in total. The molecule has 1 aromatic heterocycles. The first-order valence-electron chi connectivity index (χ1n) is 8.48. The number of halogens is 3. The summed E-state index contributed by atoms with van der Waals surface area (Å²) in [4.78, 5) is 29.6. The molecule has 1 fully saturated rings. The van der Waals surface area contributed by atoms with Crippen LogP contribution in [-0.2, 0) is 4.79 Å². The van der Waals surface area contributed by atoms with Crippen LogP contribution >= 0.6 is 0 Å². The van der Waals surface area contributed by atoms with Crippen molar-refractivity contribution in [1.29, 1.82) is 0 Å². The Balaban J connectivity index is 1.83. The third-order valence-electron chi connectivity index (χ3n) is 4.53. The normalized spacial score (nSPS) is 19.5. The number of pyridine rings is 1. The number of nitrogens with zero attached hydrogens (tertiary/aromatic N) is 2. The molecule has 0 bridgehead atoms. The molecule has 2 unspecified atom stereocenters. The maximum absolute atomic E-state index is 12.9. The number of hydrogen-bond donors (Lipinski definition) is 1. The molecule has 1 aromatic carbocycles. The molecule has 2 heterocycles. The lowest BCUT2D eigenvalue weighted by molar-refractivity contribution is -0.154. The number of likely N-dealkylation sites (tertiary alicyclic amines) is 1. The highest BCUT2D eigenvalue weighted by atomic mass is 19.4. The summed E-state index contributed by atoms with van der Waals surface area (Å²) in [6.07, 6.45) is -3.35. The van der Waals surface area contributed by atoms with Gasteiger partial charge < -0.3 is 14.7 Å². The second-order valence-corrected chi connectivity index (χ2v) is 6.43. The number of carboxylic acid groups (broad SMARTS) is 1. The number of ether oxygens (including phenoxy) is 1. The summed E-state index contributed by atoms with van der Waals surface area (Å²) in [5.41, 5.74) is 0.648. The number of aromatic nitrogens is 1. The third kappa shape index (κ3) is 4.41. The zero-order valence-corrected chi connectivity index (χ0v) is 14.6. The molecule has 2 atom stereocenters. The first kappa shape index (κ1) is 19.7. The summed E-state index contributed by atoms with van der Waals surface area (Å²) in [6, 6.07) is 11.7. The van der Waals surface area contributed by atoms with Crippen molar-refractivity contribution in [2.24, 2.45) is 5.92 Å². The minimum atomic E-state index is -4.57. The van der Waals surface area contributed by atoms with Gasteiger partial charge in [0.1, 0.15) is 5.56 Å². The molecule has 28 heavy (non-hydrogen) atoms. The van der Waals surface area contributed by atoms with Crippen LogP contribution in [0, 0.1) is 5.92 Å². The summed E-state index contributed by atoms with van der Waals surface area (Å²) in [5.74, 6) is -3.32. The van der Waals surface area contributed by atoms with E-state index in [2.05, 4.69) is 9.72 Å². The zero-order valence-electron chi connectivity index (χ0n) is 14.6. The lowest BCUT2D eigenvalue weighted by Crippen LogP contribution is -2.31. The second-order valence-electron chi connectivity index (χ2n) is 6.43. The molecule has 0 spiro atoms. The van der Waals surface area contributed by atoms with E-state index in [0.717, 1.165) is 5.56 Å². The van der Waals surface area contributed by atoms with Gasteiger partial charge >= 0.3 is 12.1 Å². The number of carbonyl (C=O) groups is 2. The molecule has 148 valence electrons. The number of rotatable bonds is 5. The van der Waals surface area contributed by atoms with E-state index in [1.165, 1.54) is 23.2 Å². The predicted molar refractivity (Wildman–Crippen MR) is 92.0 cm³/mol. The Hall–Kier alpha value is -3.10. The van der Waals surface area contributed by atoms with Gasteiger partial charge in [-0.2, -0.15) is 13.2 Å². The van der Waals surface area contributed by atoms with Crippen molar-refractivity contribution >= 4 is 11.9 Å². The minimum Gasteiger partial charge on any atom is -0.481 e. The highest BCUT2D eigenvalue weighted by molar-refractivity contribution is 5.97. The summed E-state index contributed by atoms with van der Waals surface area (Å²) in [6.45, 7) is -1.50. The van der Waals surface area contributed by atoms with Gasteiger partial charge in [0.05, 0.1) is 5.92 Å². The van der Waals surface area contributed by atoms with Gasteiger partial charge in [0, 0.05) is 25.2 Å². The summed E-state index contributed by atoms with van der Waals surface area (Å²) in [5, 5.41) is 9.54. The number of amides is 1. The Morgan fingerprint density at radius 2 is 1.86 bits per heavy atom. The first-order valence-corrected chi connectivity index (χ1v) is 8.48. The van der Waals surface area contributed by atoms with E-state index in [4.69, 9.17) is 0 Å². The van der Waals surface area contributed by atoms with Crippen LogP contribution in [0.4, 0.5) is 13.2 Å². The fourth-order valence-corrected chi connectivity index (χ4v) is 3.25. The van der Waals surface area contributed by atoms with Crippen LogP contribution in [0.1, 0.15) is 21.8 Å². The average molecular weight is 394 g/mol. The number of alkyl halides is 3. The van der Waals surface area contributed by atoms with Gasteiger partial charge in [-0.05, 0) is 17.7 Å². The zero-order chi connectivity index (χ0) is 20.3. The number of benzene rings is 1. The van der Waals surface area contributed by atoms with Gasteiger partial charge in [0.15, 0.2) is 6.61 Å². The summed E-state index contributed by atoms with van der Waals surface area (Å²) >= 11 is 0. The van der Waals surface area contributed by atoms with Crippen LogP contribution in [-0.4, -0.2) is 52.7 Å². The quantitative estimate of drug-likeness (QED) is 0.844. The Morgan fingerprint density at radius 3 is 2.50 bits per heavy atom. The second kappa shape index (κ2) is 7.87. The maximum atomic E-state index is 12.9. The Kier molecular flexibility index (Phi) is 5.53. The molecule has 1 aliphatic heterocycles. The van der Waals surface area contributed by atoms with E-state index in [-0.39, 0.29) is 18.7 Å². The highest BCUT2D eigenvalue weighted by Crippen LogP contribution is 2.34. The lowest BCUT2D eigenvalue weighted by Gasteiger charge is -2.18. The molecule has 1 amide bonds. The Morgan fingerprint density at radius 1 is 1.14 bits per heavy atom. The monoisotopic (exact) mass is 394 g/mol. The molecule has 9 heteroatoms. The van der Waals surface area contributed by atoms with E-state index >= 15 is 0 Å². The topological polar surface area (TPSA) is 79.7 Å². The molecule has 0 aliphatic carbocycles. The third-order valence-corrected chi connectivity index (χ3v) is 4.53. The molecular formula is C19H17F3N2O4. The molecular weight excluding hydrogens is 377 g/mol. The van der Waals surface area contributed by atoms with Gasteiger partial charge in [0.25, 0.3) is 5.91 Å². The SMILES string of the molecule is O=C(O)C1CN(C(=O)c2cccnc2OCC(F)(F)F)CC1c1ccccc1. The van der Waals surface area contributed by atoms with Crippen molar-refractivity contribution in [3.63, 3.8) is 0 Å². The summed E-state index contributed by atoms with van der Waals surface area (Å²) in [7, 11) is 0. The van der Waals surface area contributed by atoms with Gasteiger partial charge in [-0.1, -0.05) is 30.3 Å². The number of aliphatic carboxylic acids is 1. The van der Waals surface area contributed by atoms with Gasteiger partial charge in [-0.15, -0.1) is 0 Å². The first-order chi connectivity index (χ1) is 13.3. The Labute approximate surface area is 158 Å². The molecule has 1 aliphatic rings. The number of carboxylic acids is 1. The minimum absolute atomic E-state index is 0.0542. The molecule has 3 rings (SSSR count). The van der Waals surface area contributed by atoms with Crippen LogP contribution < -0.4 is 4.74 Å². The van der Waals surface area contributed by atoms with Crippen molar-refractivity contribution in [3.8, 4) is 5.88 Å². The smallest absolute Gasteiger partial charge is 0.422 e. The van der Waals surface area contributed by atoms with Crippen LogP contribution in [0.15, 0.2) is 48.7 Å². The van der Waals surface area contributed by atoms with E-state index in [1.54, 1.807) is 30.3 Å². The summed E-state index contributed by atoms with van der Waals surface area (Å²) < 4.78 is 42.0. The highest BCUT2D eigenvalue weighted by Gasteiger charge is 2.41. The maximum Gasteiger partial charge on any atom is 0.422 e. The Bertz CT molecular complexity index is 858. The van der Waals surface area contributed by atoms with Crippen molar-refractivity contribution < 1.29 is 32.6 Å². The predicted octanol–water partition coefficient (Wildman–Crippen LogP) is 2.96. The lowest BCUT2D eigenvalue weighted by atomic mass is 9.89. The van der Waals surface area contributed by atoms with Gasteiger partial charge in [-0.3, -0.25) is 9.59 Å². The fraction of sp³-hybridized carbons (Fsp3) is 0.316. The number of hydrogen-bond acceptors (Lipinski definition) is 4. The molecule has 2 aromatic rings. The van der Waals surface area contributed by atoms with Gasteiger partial charge in [0.2, 0.25) is 5.88 Å². The van der Waals surface area contributed by atoms with Crippen LogP contribution in [0.5, 0.6) is 5.88 Å². The largest absolute Gasteiger partial charge is 0.481 e. The van der Waals surface area contributed by atoms with Crippen LogP contribution in [0.25, 0.3) is 0 Å². The van der Waals surface area contributed by atoms with Crippen LogP contribution in [0.3, 0.4) is 0 Å². The van der Waals surface area contributed by atoms with Crippen molar-refractivity contribution in [3.05, 3.63) is 59.8 Å². The van der Waals surface area contributed by atoms with Gasteiger partial charge in [-0.25, -0.2) is 4.98 Å². The molecule has 1 saturated heterocycles. The van der Waals surface area contributed by atoms with E-state index in [1.807, 2.05) is 0 Å². The van der Waals surface area contributed by atoms with E-state index in [9.17, 15) is 27.9 Å². The van der Waals surface area contributed by atoms with E-state index in [0.29, 0.717) is 0 Å². The molecule has 1 N–H and O–H groups in total. The van der Waals surface area contributed by atoms with Crippen molar-refractivity contribution in [2.75, 3.05) is 19.7 Å². The number of carbonyl (C=O) groups excluding carboxylic acids is 1. The van der Waals surface area contributed by atoms with E-state index < -0.39 is 42.4 Å². The molecule has 0 radical (unpaired) electrons. The average Bonchev–Trinajstić information content (AvgIpc) is 3.12. The molecule has 0 saturated carbocycles. The van der Waals surface area contributed by atoms with Crippen molar-refractivity contribution in [1.82, 2.24) is 9.88 Å². The fourth-order valence-electron chi connectivity index (χ4n) is 3.25. The van der Waals surface area contributed by atoms with Crippen molar-refractivity contribution in [2.45, 2.75) is 12.1 Å². The standard InChI is InChI=1S/C19H17F3N2O4/c20-19(21,22)11-28-16-13(7-4-8-23-16)17(25)24-9-14(15(10-24)18(26)27)12-5-2-1-3-6-12/h1-8,14-15H,9-11H2,(H,26,27).